The molecule has 3 aromatic rings. The second-order valence-corrected chi connectivity index (χ2v) is 14.3. The number of fused-ring (bicyclic) bond motifs is 5. The van der Waals surface area contributed by atoms with Gasteiger partial charge in [-0.15, -0.1) is 11.3 Å². The third-order valence-corrected chi connectivity index (χ3v) is 10.4. The molecule has 0 bridgehead atoms. The predicted octanol–water partition coefficient (Wildman–Crippen LogP) is 5.77. The molecule has 1 saturated heterocycles. The molecule has 4 heterocycles. The summed E-state index contributed by atoms with van der Waals surface area (Å²) in [6.07, 6.45) is 8.51. The van der Waals surface area contributed by atoms with Gasteiger partial charge in [-0.05, 0) is 96.6 Å². The van der Waals surface area contributed by atoms with Gasteiger partial charge in [0.1, 0.15) is 28.5 Å². The lowest BCUT2D eigenvalue weighted by Gasteiger charge is -2.39. The molecule has 0 radical (unpaired) electrons. The highest BCUT2D eigenvalue weighted by atomic mass is 32.1. The molecule has 5 atom stereocenters. The number of aromatic nitrogens is 3. The van der Waals surface area contributed by atoms with E-state index in [1.165, 1.54) is 16.2 Å². The number of nitriles is 1. The number of piperidine rings is 1. The number of nitrogens with two attached hydrogens (primary N) is 1. The van der Waals surface area contributed by atoms with Crippen molar-refractivity contribution in [3.63, 3.8) is 0 Å². The van der Waals surface area contributed by atoms with Gasteiger partial charge in [-0.3, -0.25) is 4.90 Å². The standard InChI is InChI=1S/C31H36N6O4S/c1-16(21-13-17-14-22(17)37(21)29(38)40-30(2,3)4)39-28-34-12-9-20(35-28)25-18-7-5-10-31(26(18)36-41-25)11-6-8-23-24(31)19(15-32)27(33)42-23/h9,12,16-17,21-22H,5-8,10-11,13-14,33H2,1-4H3/t16-,17+,21-,22-,31-/m0/s1. The molecule has 1 saturated carbocycles. The van der Waals surface area contributed by atoms with Crippen LogP contribution in [0.3, 0.4) is 0 Å². The third-order valence-electron chi connectivity index (χ3n) is 9.33. The van der Waals surface area contributed by atoms with E-state index in [2.05, 4.69) is 16.2 Å². The summed E-state index contributed by atoms with van der Waals surface area (Å²) >= 11 is 1.54. The number of thiophene rings is 1. The normalized spacial score (nSPS) is 26.6. The first-order valence-corrected chi connectivity index (χ1v) is 15.7. The Morgan fingerprint density at radius 1 is 1.29 bits per heavy atom. The minimum Gasteiger partial charge on any atom is -0.458 e. The van der Waals surface area contributed by atoms with Gasteiger partial charge < -0.3 is 19.7 Å². The van der Waals surface area contributed by atoms with Crippen LogP contribution in [0, 0.1) is 17.2 Å². The fourth-order valence-electron chi connectivity index (χ4n) is 7.52. The van der Waals surface area contributed by atoms with E-state index in [1.807, 2.05) is 38.7 Å². The van der Waals surface area contributed by atoms with E-state index >= 15 is 0 Å². The first kappa shape index (κ1) is 27.2. The number of carbonyl (C=O) groups is 1. The molecule has 4 aliphatic rings. The maximum absolute atomic E-state index is 13.0. The molecule has 2 N–H and O–H groups in total. The molecule has 10 nitrogen and oxygen atoms in total. The van der Waals surface area contributed by atoms with Crippen molar-refractivity contribution in [1.82, 2.24) is 20.0 Å². The van der Waals surface area contributed by atoms with Crippen molar-refractivity contribution in [3.05, 3.63) is 39.5 Å². The van der Waals surface area contributed by atoms with E-state index in [0.29, 0.717) is 27.9 Å². The number of rotatable bonds is 4. The molecule has 3 aromatic heterocycles. The van der Waals surface area contributed by atoms with Gasteiger partial charge in [0.2, 0.25) is 0 Å². The lowest BCUT2D eigenvalue weighted by Crippen LogP contribution is -2.48. The van der Waals surface area contributed by atoms with Crippen LogP contribution in [0.2, 0.25) is 0 Å². The highest BCUT2D eigenvalue weighted by molar-refractivity contribution is 7.16. The minimum atomic E-state index is -0.559. The van der Waals surface area contributed by atoms with Crippen LogP contribution in [0.1, 0.15) is 93.5 Å². The molecule has 220 valence electrons. The van der Waals surface area contributed by atoms with E-state index in [-0.39, 0.29) is 35.7 Å². The molecule has 7 rings (SSSR count). The van der Waals surface area contributed by atoms with Crippen LogP contribution in [0.25, 0.3) is 11.5 Å². The van der Waals surface area contributed by atoms with Gasteiger partial charge in [0, 0.05) is 28.1 Å². The number of likely N-dealkylation sites (tertiary alicyclic amines) is 1. The zero-order valence-electron chi connectivity index (χ0n) is 24.5. The molecule has 1 amide bonds. The molecule has 42 heavy (non-hydrogen) atoms. The number of hydrogen-bond acceptors (Lipinski definition) is 10. The Balaban J connectivity index is 1.16. The van der Waals surface area contributed by atoms with Crippen molar-refractivity contribution < 1.29 is 18.8 Å². The van der Waals surface area contributed by atoms with Crippen LogP contribution in [0.4, 0.5) is 9.80 Å². The topological polar surface area (TPSA) is 140 Å². The van der Waals surface area contributed by atoms with E-state index in [1.54, 1.807) is 6.20 Å². The number of hydrogen-bond donors (Lipinski definition) is 1. The molecule has 0 aromatic carbocycles. The average molecular weight is 589 g/mol. The first-order valence-electron chi connectivity index (χ1n) is 14.9. The highest BCUT2D eigenvalue weighted by Gasteiger charge is 2.57. The van der Waals surface area contributed by atoms with Gasteiger partial charge in [0.05, 0.1) is 17.3 Å². The monoisotopic (exact) mass is 588 g/mol. The van der Waals surface area contributed by atoms with Crippen LogP contribution < -0.4 is 10.5 Å². The molecule has 2 fully saturated rings. The molecular weight excluding hydrogens is 552 g/mol. The van der Waals surface area contributed by atoms with Gasteiger partial charge in [0.25, 0.3) is 0 Å². The second-order valence-electron chi connectivity index (χ2n) is 13.2. The van der Waals surface area contributed by atoms with Gasteiger partial charge in [-0.2, -0.15) is 10.2 Å². The summed E-state index contributed by atoms with van der Waals surface area (Å²) in [5.74, 6) is 1.12. The van der Waals surface area contributed by atoms with Crippen LogP contribution in [-0.2, 0) is 23.0 Å². The van der Waals surface area contributed by atoms with Crippen LogP contribution in [-0.4, -0.2) is 49.9 Å². The van der Waals surface area contributed by atoms with Gasteiger partial charge in [-0.25, -0.2) is 9.78 Å². The molecule has 1 spiro atoms. The molecule has 11 heteroatoms. The van der Waals surface area contributed by atoms with E-state index in [4.69, 9.17) is 24.7 Å². The lowest BCUT2D eigenvalue weighted by atomic mass is 9.62. The van der Waals surface area contributed by atoms with Crippen molar-refractivity contribution in [1.29, 1.82) is 5.26 Å². The Morgan fingerprint density at radius 2 is 2.07 bits per heavy atom. The maximum atomic E-state index is 13.0. The van der Waals surface area contributed by atoms with Gasteiger partial charge in [0.15, 0.2) is 5.76 Å². The first-order chi connectivity index (χ1) is 20.1. The number of nitrogen functional groups attached to an aromatic ring is 1. The Kier molecular flexibility index (Phi) is 6.28. The molecule has 0 unspecified atom stereocenters. The summed E-state index contributed by atoms with van der Waals surface area (Å²) < 4.78 is 18.0. The third kappa shape index (κ3) is 4.34. The second kappa shape index (κ2) is 9.69. The largest absolute Gasteiger partial charge is 0.458 e. The Hall–Kier alpha value is -3.65. The number of ether oxygens (including phenoxy) is 2. The van der Waals surface area contributed by atoms with Crippen molar-refractivity contribution in [2.75, 3.05) is 5.73 Å². The molecular formula is C31H36N6O4S. The van der Waals surface area contributed by atoms with Crippen molar-refractivity contribution in [2.45, 2.75) is 108 Å². The van der Waals surface area contributed by atoms with Crippen LogP contribution >= 0.6 is 11.3 Å². The summed E-state index contributed by atoms with van der Waals surface area (Å²) in [6.45, 7) is 7.61. The highest BCUT2D eigenvalue weighted by Crippen LogP contribution is 2.55. The number of anilines is 1. The summed E-state index contributed by atoms with van der Waals surface area (Å²) in [7, 11) is 0. The minimum absolute atomic E-state index is 0.110. The maximum Gasteiger partial charge on any atom is 0.410 e. The number of carbonyl (C=O) groups excluding carboxylic acids is 1. The summed E-state index contributed by atoms with van der Waals surface area (Å²) in [5, 5.41) is 15.2. The Labute approximate surface area is 249 Å². The SMILES string of the molecule is C[C@H](Oc1nccc(-c2onc3c2CCC[C@@]32CCCc3sc(N)c(C#N)c32)n1)[C@@H]1C[C@@H]2C[C@@H]2N1C(=O)OC(C)(C)C. The summed E-state index contributed by atoms with van der Waals surface area (Å²) in [4.78, 5) is 25.2. The Morgan fingerprint density at radius 3 is 2.83 bits per heavy atom. The van der Waals surface area contributed by atoms with Crippen LogP contribution in [0.5, 0.6) is 6.01 Å². The van der Waals surface area contributed by atoms with Crippen molar-refractivity contribution >= 4 is 22.4 Å². The zero-order valence-corrected chi connectivity index (χ0v) is 25.3. The number of aryl methyl sites for hydroxylation is 1. The fraction of sp³-hybridized carbons (Fsp3) is 0.581. The van der Waals surface area contributed by atoms with Gasteiger partial charge >= 0.3 is 12.1 Å². The number of nitrogens with zero attached hydrogens (tertiary/aromatic N) is 5. The fourth-order valence-corrected chi connectivity index (χ4v) is 8.69. The van der Waals surface area contributed by atoms with Crippen molar-refractivity contribution in [2.24, 2.45) is 5.92 Å². The zero-order chi connectivity index (χ0) is 29.4. The smallest absolute Gasteiger partial charge is 0.410 e. The summed E-state index contributed by atoms with van der Waals surface area (Å²) in [6, 6.07) is 4.53. The quantitative estimate of drug-likeness (QED) is 0.402. The molecule has 3 aliphatic carbocycles. The number of amides is 1. The van der Waals surface area contributed by atoms with E-state index in [0.717, 1.165) is 68.2 Å². The van der Waals surface area contributed by atoms with Gasteiger partial charge in [-0.1, -0.05) is 5.16 Å². The van der Waals surface area contributed by atoms with Crippen molar-refractivity contribution in [3.8, 4) is 23.5 Å². The lowest BCUT2D eigenvalue weighted by molar-refractivity contribution is 0.00428. The average Bonchev–Trinajstić information content (AvgIpc) is 3.26. The van der Waals surface area contributed by atoms with E-state index < -0.39 is 5.60 Å². The van der Waals surface area contributed by atoms with E-state index in [9.17, 15) is 10.1 Å². The molecule has 1 aliphatic heterocycles. The summed E-state index contributed by atoms with van der Waals surface area (Å²) in [5.41, 5.74) is 9.58. The predicted molar refractivity (Wildman–Crippen MR) is 156 cm³/mol. The van der Waals surface area contributed by atoms with Crippen LogP contribution in [0.15, 0.2) is 16.8 Å². The Bertz CT molecular complexity index is 1600.